The largest absolute Gasteiger partial charge is 0.313 e. The number of allylic oxidation sites excluding steroid dienone is 4. The van der Waals surface area contributed by atoms with Gasteiger partial charge in [-0.2, -0.15) is 0 Å². The zero-order valence-electron chi connectivity index (χ0n) is 16.9. The normalized spacial score (nSPS) is 29.4. The van der Waals surface area contributed by atoms with Gasteiger partial charge in [0.15, 0.2) is 5.78 Å². The molecular formula is C27H24N2O. The molecule has 0 bridgehead atoms. The van der Waals surface area contributed by atoms with E-state index in [0.29, 0.717) is 11.8 Å². The molecule has 3 unspecified atom stereocenters. The van der Waals surface area contributed by atoms with E-state index in [1.54, 1.807) is 12.2 Å². The summed E-state index contributed by atoms with van der Waals surface area (Å²) in [5.74, 6) is 0.748. The Balaban J connectivity index is 1.61. The zero-order valence-corrected chi connectivity index (χ0v) is 16.9. The van der Waals surface area contributed by atoms with Gasteiger partial charge in [0.05, 0.1) is 11.4 Å². The smallest absolute Gasteiger partial charge is 0.180 e. The van der Waals surface area contributed by atoms with Crippen molar-refractivity contribution in [2.45, 2.75) is 37.3 Å². The molecule has 3 heteroatoms. The molecule has 0 aromatic heterocycles. The molecule has 0 N–H and O–H groups in total. The maximum Gasteiger partial charge on any atom is 0.180 e. The van der Waals surface area contributed by atoms with E-state index in [9.17, 15) is 4.79 Å². The number of hydrogen-bond acceptors (Lipinski definition) is 3. The molecule has 3 nitrogen and oxygen atoms in total. The van der Waals surface area contributed by atoms with Crippen molar-refractivity contribution in [3.05, 3.63) is 102 Å². The highest BCUT2D eigenvalue weighted by atomic mass is 16.1. The molecule has 2 aromatic rings. The number of rotatable bonds is 2. The summed E-state index contributed by atoms with van der Waals surface area (Å²) >= 11 is 0. The van der Waals surface area contributed by atoms with Crippen LogP contribution in [0.4, 0.5) is 0 Å². The molecule has 2 aromatic carbocycles. The summed E-state index contributed by atoms with van der Waals surface area (Å²) in [6, 6.07) is 21.4. The Morgan fingerprint density at radius 1 is 0.900 bits per heavy atom. The van der Waals surface area contributed by atoms with Gasteiger partial charge in [0.1, 0.15) is 5.66 Å². The lowest BCUT2D eigenvalue weighted by Gasteiger charge is -2.53. The van der Waals surface area contributed by atoms with Crippen molar-refractivity contribution in [2.24, 2.45) is 10.9 Å². The van der Waals surface area contributed by atoms with Crippen LogP contribution in [0.5, 0.6) is 0 Å². The molecule has 1 saturated carbocycles. The highest BCUT2D eigenvalue weighted by Gasteiger charge is 2.56. The summed E-state index contributed by atoms with van der Waals surface area (Å²) in [6.45, 7) is 0. The van der Waals surface area contributed by atoms with Gasteiger partial charge in [-0.15, -0.1) is 0 Å². The van der Waals surface area contributed by atoms with Crippen molar-refractivity contribution in [2.75, 3.05) is 0 Å². The number of nitrogens with zero attached hydrogens (tertiary/aromatic N) is 2. The predicted molar refractivity (Wildman–Crippen MR) is 120 cm³/mol. The summed E-state index contributed by atoms with van der Waals surface area (Å²) < 4.78 is 0. The van der Waals surface area contributed by atoms with Crippen LogP contribution >= 0.6 is 0 Å². The lowest BCUT2D eigenvalue weighted by molar-refractivity contribution is -0.110. The molecule has 4 aliphatic rings. The maximum atomic E-state index is 12.3. The van der Waals surface area contributed by atoms with Crippen LogP contribution in [0.1, 0.15) is 42.7 Å². The van der Waals surface area contributed by atoms with Gasteiger partial charge in [0, 0.05) is 23.6 Å². The van der Waals surface area contributed by atoms with Crippen molar-refractivity contribution in [1.29, 1.82) is 0 Å². The summed E-state index contributed by atoms with van der Waals surface area (Å²) in [4.78, 5) is 20.1. The first-order chi connectivity index (χ1) is 14.8. The Bertz CT molecular complexity index is 1130. The minimum absolute atomic E-state index is 0.0472. The molecule has 0 saturated heterocycles. The van der Waals surface area contributed by atoms with E-state index >= 15 is 0 Å². The molecule has 1 fully saturated rings. The van der Waals surface area contributed by atoms with Crippen LogP contribution in [0.15, 0.2) is 95.7 Å². The van der Waals surface area contributed by atoms with Gasteiger partial charge in [0.2, 0.25) is 0 Å². The van der Waals surface area contributed by atoms with Crippen molar-refractivity contribution < 1.29 is 4.79 Å². The van der Waals surface area contributed by atoms with Crippen LogP contribution in [0.25, 0.3) is 5.70 Å². The maximum absolute atomic E-state index is 12.3. The number of ketones is 1. The first kappa shape index (κ1) is 17.6. The van der Waals surface area contributed by atoms with E-state index in [2.05, 4.69) is 71.6 Å². The molecule has 3 atom stereocenters. The van der Waals surface area contributed by atoms with Gasteiger partial charge in [-0.3, -0.25) is 9.79 Å². The zero-order chi connectivity index (χ0) is 20.1. The first-order valence-electron chi connectivity index (χ1n) is 10.9. The van der Waals surface area contributed by atoms with Gasteiger partial charge >= 0.3 is 0 Å². The fraction of sp³-hybridized carbons (Fsp3) is 0.259. The standard InChI is InChI=1S/C27H24N2O/c30-21-14-15-24-26(17-21)29-25(20-11-5-2-6-12-20)18-22(19-9-3-1-4-10-19)23-13-7-8-16-27(23,29)28-24/h1-6,9-12,14-15,17-18,22-23H,7-8,13,16H2. The second-order valence-corrected chi connectivity index (χ2v) is 8.68. The second kappa shape index (κ2) is 6.66. The third kappa shape index (κ3) is 2.51. The highest BCUT2D eigenvalue weighted by molar-refractivity contribution is 6.21. The Kier molecular flexibility index (Phi) is 3.92. The van der Waals surface area contributed by atoms with Crippen LogP contribution in [0.2, 0.25) is 0 Å². The second-order valence-electron chi connectivity index (χ2n) is 8.68. The van der Waals surface area contributed by atoms with E-state index < -0.39 is 0 Å². The van der Waals surface area contributed by atoms with Crippen molar-refractivity contribution in [3.63, 3.8) is 0 Å². The van der Waals surface area contributed by atoms with Crippen LogP contribution in [0.3, 0.4) is 0 Å². The number of fused-ring (bicyclic) bond motifs is 2. The number of carbonyl (C=O) groups is 1. The third-order valence-corrected chi connectivity index (χ3v) is 7.06. The lowest BCUT2D eigenvalue weighted by atomic mass is 9.66. The van der Waals surface area contributed by atoms with Gasteiger partial charge in [-0.25, -0.2) is 0 Å². The van der Waals surface area contributed by atoms with E-state index in [1.807, 2.05) is 6.08 Å². The Hall–Kier alpha value is -3.20. The average molecular weight is 393 g/mol. The quantitative estimate of drug-likeness (QED) is 0.633. The molecule has 2 heterocycles. The number of benzene rings is 2. The van der Waals surface area contributed by atoms with Crippen molar-refractivity contribution >= 4 is 17.2 Å². The minimum atomic E-state index is -0.311. The predicted octanol–water partition coefficient (Wildman–Crippen LogP) is 5.49. The minimum Gasteiger partial charge on any atom is -0.313 e. The van der Waals surface area contributed by atoms with Crippen LogP contribution in [0, 0.1) is 5.92 Å². The van der Waals surface area contributed by atoms with Gasteiger partial charge < -0.3 is 4.90 Å². The van der Waals surface area contributed by atoms with Gasteiger partial charge in [0.25, 0.3) is 0 Å². The monoisotopic (exact) mass is 392 g/mol. The van der Waals surface area contributed by atoms with Gasteiger partial charge in [-0.1, -0.05) is 73.2 Å². The number of carbonyl (C=O) groups excluding carboxylic acids is 1. The number of aliphatic imine (C=N–C) groups is 1. The molecule has 0 radical (unpaired) electrons. The molecule has 6 rings (SSSR count). The topological polar surface area (TPSA) is 32.7 Å². The Morgan fingerprint density at radius 2 is 1.67 bits per heavy atom. The van der Waals surface area contributed by atoms with Gasteiger partial charge in [-0.05, 0) is 42.5 Å². The number of hydrogen-bond donors (Lipinski definition) is 0. The van der Waals surface area contributed by atoms with Crippen LogP contribution in [-0.4, -0.2) is 22.1 Å². The summed E-state index contributed by atoms with van der Waals surface area (Å²) in [7, 11) is 0. The van der Waals surface area contributed by atoms with Crippen LogP contribution in [-0.2, 0) is 4.79 Å². The summed E-state index contributed by atoms with van der Waals surface area (Å²) in [5.41, 5.74) is 5.33. The fourth-order valence-corrected chi connectivity index (χ4v) is 5.83. The SMILES string of the molecule is O=C1C=CC2=NC34CCCCC3C(c3ccccc3)C=C(c3ccccc3)N4C2=C1. The highest BCUT2D eigenvalue weighted by Crippen LogP contribution is 2.57. The van der Waals surface area contributed by atoms with E-state index in [0.717, 1.165) is 30.7 Å². The summed E-state index contributed by atoms with van der Waals surface area (Å²) in [6.07, 6.45) is 12.3. The molecule has 1 spiro atoms. The molecular weight excluding hydrogens is 368 g/mol. The van der Waals surface area contributed by atoms with Crippen molar-refractivity contribution in [3.8, 4) is 0 Å². The fourth-order valence-electron chi connectivity index (χ4n) is 5.83. The molecule has 30 heavy (non-hydrogen) atoms. The molecule has 148 valence electrons. The van der Waals surface area contributed by atoms with E-state index in [4.69, 9.17) is 4.99 Å². The Morgan fingerprint density at radius 3 is 2.47 bits per heavy atom. The Labute approximate surface area is 177 Å². The lowest BCUT2D eigenvalue weighted by Crippen LogP contribution is -2.54. The van der Waals surface area contributed by atoms with E-state index in [1.165, 1.54) is 23.2 Å². The first-order valence-corrected chi connectivity index (χ1v) is 10.9. The van der Waals surface area contributed by atoms with E-state index in [-0.39, 0.29) is 11.4 Å². The molecule has 0 amide bonds. The summed E-state index contributed by atoms with van der Waals surface area (Å²) in [5, 5.41) is 0. The molecule has 2 aliphatic carbocycles. The molecule has 2 aliphatic heterocycles. The third-order valence-electron chi connectivity index (χ3n) is 7.06. The van der Waals surface area contributed by atoms with Crippen molar-refractivity contribution in [1.82, 2.24) is 4.90 Å². The van der Waals surface area contributed by atoms with Crippen LogP contribution < -0.4 is 0 Å². The average Bonchev–Trinajstić information content (AvgIpc) is 3.12.